The van der Waals surface area contributed by atoms with Crippen LogP contribution in [0, 0.1) is 23.3 Å². The Morgan fingerprint density at radius 1 is 0.902 bits per heavy atom. The first-order valence-corrected chi connectivity index (χ1v) is 21.6. The van der Waals surface area contributed by atoms with E-state index in [0.717, 1.165) is 75.3 Å². The quantitative estimate of drug-likeness (QED) is 0.160. The number of rotatable bonds is 9. The molecule has 9 rings (SSSR count). The summed E-state index contributed by atoms with van der Waals surface area (Å²) in [7, 11) is 0. The zero-order valence-electron chi connectivity index (χ0n) is 35.4. The highest BCUT2D eigenvalue weighted by Crippen LogP contribution is 2.56. The highest BCUT2D eigenvalue weighted by Gasteiger charge is 2.64. The smallest absolute Gasteiger partial charge is 0.255 e. The van der Waals surface area contributed by atoms with Crippen molar-refractivity contribution in [1.29, 1.82) is 0 Å². The lowest BCUT2D eigenvalue weighted by Crippen LogP contribution is -2.74. The zero-order valence-corrected chi connectivity index (χ0v) is 35.4. The second kappa shape index (κ2) is 15.8. The number of nitrogens with zero attached hydrogens (tertiary/aromatic N) is 8. The van der Waals surface area contributed by atoms with Crippen molar-refractivity contribution in [1.82, 2.24) is 30.1 Å². The summed E-state index contributed by atoms with van der Waals surface area (Å²) in [5.74, 6) is 1.41. The third-order valence-electron chi connectivity index (χ3n) is 14.0. The normalized spacial score (nSPS) is 24.0. The molecule has 2 aromatic heterocycles. The minimum Gasteiger partial charge on any atom is -0.489 e. The summed E-state index contributed by atoms with van der Waals surface area (Å²) >= 11 is 0. The Balaban J connectivity index is 0.733. The molecular formula is C47H53N9O5. The van der Waals surface area contributed by atoms with E-state index in [1.807, 2.05) is 30.3 Å². The minimum atomic E-state index is -0.498. The first-order chi connectivity index (χ1) is 29.3. The van der Waals surface area contributed by atoms with Gasteiger partial charge in [0.25, 0.3) is 11.8 Å². The second-order valence-corrected chi connectivity index (χ2v) is 18.6. The number of ketones is 2. The molecule has 2 aromatic carbocycles. The Kier molecular flexibility index (Phi) is 10.5. The van der Waals surface area contributed by atoms with Crippen molar-refractivity contribution in [3.8, 4) is 5.75 Å². The predicted octanol–water partition coefficient (Wildman–Crippen LogP) is 5.87. The Bertz CT molecular complexity index is 2410. The number of carbonyl (C=O) groups is 4. The maximum absolute atomic E-state index is 13.6. The number of ether oxygens (including phenoxy) is 1. The molecule has 4 aromatic rings. The number of hydrogen-bond acceptors (Lipinski definition) is 11. The molecule has 4 fully saturated rings. The largest absolute Gasteiger partial charge is 0.489 e. The molecule has 2 amide bonds. The van der Waals surface area contributed by atoms with Crippen LogP contribution >= 0.6 is 0 Å². The number of carbonyl (C=O) groups excluding carboxylic acids is 4. The van der Waals surface area contributed by atoms with E-state index >= 15 is 0 Å². The van der Waals surface area contributed by atoms with E-state index in [1.54, 1.807) is 29.6 Å². The van der Waals surface area contributed by atoms with Crippen molar-refractivity contribution in [2.45, 2.75) is 84.5 Å². The van der Waals surface area contributed by atoms with Gasteiger partial charge in [0.15, 0.2) is 5.78 Å². The lowest BCUT2D eigenvalue weighted by atomic mass is 9.49. The van der Waals surface area contributed by atoms with Crippen LogP contribution in [0.25, 0.3) is 15.7 Å². The lowest BCUT2D eigenvalue weighted by molar-refractivity contribution is -0.163. The number of nitrogens with one attached hydrogen (secondary N) is 1. The molecule has 2 saturated heterocycles. The average molecular weight is 824 g/mol. The van der Waals surface area contributed by atoms with Crippen LogP contribution in [0.1, 0.15) is 86.1 Å². The summed E-state index contributed by atoms with van der Waals surface area (Å²) in [6.07, 6.45) is 7.54. The van der Waals surface area contributed by atoms with Gasteiger partial charge in [0.2, 0.25) is 11.6 Å². The number of piperidine rings is 1. The Hall–Kier alpha value is -5.94. The van der Waals surface area contributed by atoms with Gasteiger partial charge in [-0.15, -0.1) is 0 Å². The highest BCUT2D eigenvalue weighted by molar-refractivity contribution is 6.07. The van der Waals surface area contributed by atoms with Gasteiger partial charge in [0, 0.05) is 111 Å². The molecule has 5 aliphatic rings. The summed E-state index contributed by atoms with van der Waals surface area (Å²) < 4.78 is 6.65. The molecule has 0 spiro atoms. The summed E-state index contributed by atoms with van der Waals surface area (Å²) in [5.41, 5.74) is 3.49. The SMILES string of the molecule is [C-]#[N+]c1ccc(OC2C(C)(C)C(NC(=O)c3cnc(N4CCC(CN5CCN(c6ccc7c(c6)CN([C@H]6CCC(=O)CC6=O)C7=O)CC5)CC4)nc3)C2(C)C)c2cccnc12. The molecule has 0 unspecified atom stereocenters. The standard InChI is InChI=1S/C47H53N9O5/c1-46(2)43(47(3,4)44(46)61-39-13-11-36(48-5)40-35(39)7-6-16-49-40)52-41(59)31-25-50-45(51-26-31)55-17-14-29(15-18-55)27-53-19-21-54(22-20-53)32-8-10-34-30(23-32)28-56(42(34)60)37-12-9-33(57)24-38(37)58/h6-8,10-11,13,16,23,25-26,29,37,43-44H,9,12,14-15,17-22,24,27-28H2,1-4H3,(H,52,59)/t37-,43?,44?/m0/s1. The molecule has 2 aliphatic carbocycles. The number of fused-ring (bicyclic) bond motifs is 2. The van der Waals surface area contributed by atoms with Crippen molar-refractivity contribution < 1.29 is 23.9 Å². The van der Waals surface area contributed by atoms with Crippen LogP contribution in [0.5, 0.6) is 5.75 Å². The molecule has 1 atom stereocenters. The molecule has 61 heavy (non-hydrogen) atoms. The molecule has 0 bridgehead atoms. The van der Waals surface area contributed by atoms with Crippen LogP contribution in [-0.4, -0.2) is 112 Å². The van der Waals surface area contributed by atoms with Gasteiger partial charge in [-0.05, 0) is 67.1 Å². The van der Waals surface area contributed by atoms with Crippen molar-refractivity contribution in [3.05, 3.63) is 89.2 Å². The number of aromatic nitrogens is 3. The number of hydrogen-bond donors (Lipinski definition) is 1. The number of benzene rings is 2. The fraction of sp³-hybridized carbons (Fsp3) is 0.489. The molecule has 14 heteroatoms. The van der Waals surface area contributed by atoms with Gasteiger partial charge in [-0.3, -0.25) is 29.1 Å². The van der Waals surface area contributed by atoms with Gasteiger partial charge in [-0.25, -0.2) is 14.8 Å². The second-order valence-electron chi connectivity index (χ2n) is 18.6. The average Bonchev–Trinajstić information content (AvgIpc) is 3.59. The van der Waals surface area contributed by atoms with Gasteiger partial charge in [-0.1, -0.05) is 33.8 Å². The van der Waals surface area contributed by atoms with Gasteiger partial charge < -0.3 is 24.8 Å². The predicted molar refractivity (Wildman–Crippen MR) is 231 cm³/mol. The van der Waals surface area contributed by atoms with Gasteiger partial charge >= 0.3 is 0 Å². The summed E-state index contributed by atoms with van der Waals surface area (Å²) in [6.45, 7) is 22.9. The van der Waals surface area contributed by atoms with Crippen LogP contribution in [0.15, 0.2) is 61.1 Å². The van der Waals surface area contributed by atoms with E-state index in [2.05, 4.69) is 73.6 Å². The summed E-state index contributed by atoms with van der Waals surface area (Å²) in [5, 5.41) is 4.06. The third-order valence-corrected chi connectivity index (χ3v) is 14.0. The zero-order chi connectivity index (χ0) is 42.6. The fourth-order valence-electron chi connectivity index (χ4n) is 10.9. The van der Waals surface area contributed by atoms with Crippen LogP contribution < -0.4 is 19.9 Å². The van der Waals surface area contributed by atoms with Gasteiger partial charge in [0.05, 0.1) is 30.1 Å². The fourth-order valence-corrected chi connectivity index (χ4v) is 10.9. The van der Waals surface area contributed by atoms with Crippen LogP contribution in [-0.2, 0) is 16.1 Å². The molecule has 316 valence electrons. The molecule has 5 heterocycles. The maximum Gasteiger partial charge on any atom is 0.255 e. The molecule has 0 radical (unpaired) electrons. The number of piperazine rings is 1. The van der Waals surface area contributed by atoms with Crippen molar-refractivity contribution in [3.63, 3.8) is 0 Å². The Labute approximate surface area is 356 Å². The number of pyridine rings is 1. The summed E-state index contributed by atoms with van der Waals surface area (Å²) in [6, 6.07) is 12.7. The van der Waals surface area contributed by atoms with E-state index in [-0.39, 0.29) is 52.8 Å². The van der Waals surface area contributed by atoms with Crippen LogP contribution in [0.4, 0.5) is 17.3 Å². The van der Waals surface area contributed by atoms with E-state index < -0.39 is 6.04 Å². The minimum absolute atomic E-state index is 0.0338. The molecule has 2 saturated carbocycles. The molecule has 1 N–H and O–H groups in total. The Morgan fingerprint density at radius 3 is 2.34 bits per heavy atom. The van der Waals surface area contributed by atoms with Crippen LogP contribution in [0.2, 0.25) is 0 Å². The molecule has 14 nitrogen and oxygen atoms in total. The van der Waals surface area contributed by atoms with E-state index in [0.29, 0.717) is 59.3 Å². The third kappa shape index (κ3) is 7.47. The first kappa shape index (κ1) is 40.5. The number of amides is 2. The van der Waals surface area contributed by atoms with E-state index in [4.69, 9.17) is 11.3 Å². The number of Topliss-reactive ketones (excluding diaryl/α,β-unsaturated/α-hetero) is 2. The summed E-state index contributed by atoms with van der Waals surface area (Å²) in [4.78, 5) is 77.2. The van der Waals surface area contributed by atoms with E-state index in [9.17, 15) is 19.2 Å². The monoisotopic (exact) mass is 823 g/mol. The number of anilines is 2. The highest BCUT2D eigenvalue weighted by atomic mass is 16.5. The van der Waals surface area contributed by atoms with Gasteiger partial charge in [0.1, 0.15) is 17.6 Å². The first-order valence-electron chi connectivity index (χ1n) is 21.6. The van der Waals surface area contributed by atoms with Crippen molar-refractivity contribution in [2.24, 2.45) is 16.7 Å². The van der Waals surface area contributed by atoms with Gasteiger partial charge in [-0.2, -0.15) is 0 Å². The van der Waals surface area contributed by atoms with E-state index in [1.165, 1.54) is 0 Å². The maximum atomic E-state index is 13.6. The van der Waals surface area contributed by atoms with Crippen molar-refractivity contribution in [2.75, 3.05) is 55.6 Å². The lowest BCUT2D eigenvalue weighted by Gasteiger charge is -2.63. The van der Waals surface area contributed by atoms with Crippen LogP contribution in [0.3, 0.4) is 0 Å². The Morgan fingerprint density at radius 2 is 1.64 bits per heavy atom. The van der Waals surface area contributed by atoms with Crippen molar-refractivity contribution >= 4 is 51.6 Å². The molecular weight excluding hydrogens is 771 g/mol. The topological polar surface area (TPSA) is 146 Å². The molecule has 3 aliphatic heterocycles.